The molecule has 0 radical (unpaired) electrons. The number of urea groups is 1. The number of amides is 2. The number of primary amides is 1. The maximum Gasteiger partial charge on any atom is 0.326 e. The normalized spacial score (nSPS) is 11.0. The van der Waals surface area contributed by atoms with Gasteiger partial charge in [-0.1, -0.05) is 0 Å². The maximum absolute atomic E-state index is 11.5. The molecule has 0 aliphatic carbocycles. The Balaban J connectivity index is 3.17. The summed E-state index contributed by atoms with van der Waals surface area (Å²) in [6.07, 6.45) is 0. The van der Waals surface area contributed by atoms with Gasteiger partial charge in [0, 0.05) is 5.69 Å². The van der Waals surface area contributed by atoms with Crippen molar-refractivity contribution in [3.05, 3.63) is 23.8 Å². The first-order valence-electron chi connectivity index (χ1n) is 4.01. The molecule has 6 nitrogen and oxygen atoms in total. The minimum Gasteiger partial charge on any atom is -0.399 e. The molecule has 0 aromatic heterocycles. The van der Waals surface area contributed by atoms with E-state index in [0.717, 1.165) is 0 Å². The molecule has 0 bridgehead atoms. The zero-order valence-corrected chi connectivity index (χ0v) is 8.84. The van der Waals surface area contributed by atoms with Crippen LogP contribution in [0.3, 0.4) is 0 Å². The van der Waals surface area contributed by atoms with E-state index in [9.17, 15) is 13.2 Å². The molecule has 1 aromatic carbocycles. The fourth-order valence-electron chi connectivity index (χ4n) is 1.01. The maximum atomic E-state index is 11.5. The summed E-state index contributed by atoms with van der Waals surface area (Å²) in [5, 5.41) is 0. The number of benzene rings is 1. The van der Waals surface area contributed by atoms with E-state index in [4.69, 9.17) is 11.5 Å². The lowest BCUT2D eigenvalue weighted by atomic mass is 10.2. The molecule has 7 heteroatoms. The molecule has 2 amide bonds. The van der Waals surface area contributed by atoms with Crippen LogP contribution >= 0.6 is 0 Å². The van der Waals surface area contributed by atoms with E-state index in [1.807, 2.05) is 0 Å². The van der Waals surface area contributed by atoms with Gasteiger partial charge in [-0.05, 0) is 30.7 Å². The number of nitrogens with two attached hydrogens (primary N) is 2. The Hall–Kier alpha value is -1.76. The number of hydrogen-bond acceptors (Lipinski definition) is 4. The van der Waals surface area contributed by atoms with Gasteiger partial charge in [-0.25, -0.2) is 17.9 Å². The molecule has 0 heterocycles. The Bertz CT molecular complexity index is 496. The van der Waals surface area contributed by atoms with Crippen LogP contribution in [-0.4, -0.2) is 14.4 Å². The highest BCUT2D eigenvalue weighted by atomic mass is 32.2. The van der Waals surface area contributed by atoms with E-state index in [1.54, 1.807) is 11.6 Å². The van der Waals surface area contributed by atoms with E-state index >= 15 is 0 Å². The Morgan fingerprint density at radius 1 is 1.40 bits per heavy atom. The molecule has 82 valence electrons. The van der Waals surface area contributed by atoms with Gasteiger partial charge in [-0.3, -0.25) is 0 Å². The quantitative estimate of drug-likeness (QED) is 0.616. The van der Waals surface area contributed by atoms with Crippen molar-refractivity contribution in [1.29, 1.82) is 0 Å². The molecule has 0 saturated heterocycles. The van der Waals surface area contributed by atoms with Gasteiger partial charge in [0.15, 0.2) is 0 Å². The van der Waals surface area contributed by atoms with Crippen LogP contribution in [0.2, 0.25) is 0 Å². The minimum absolute atomic E-state index is 0.0481. The molecule has 0 saturated carbocycles. The monoisotopic (exact) mass is 229 g/mol. The summed E-state index contributed by atoms with van der Waals surface area (Å²) in [6.45, 7) is 1.67. The zero-order valence-electron chi connectivity index (χ0n) is 8.02. The van der Waals surface area contributed by atoms with Crippen LogP contribution in [0.25, 0.3) is 0 Å². The highest BCUT2D eigenvalue weighted by Gasteiger charge is 2.16. The second kappa shape index (κ2) is 3.77. The van der Waals surface area contributed by atoms with E-state index in [2.05, 4.69) is 0 Å². The number of nitrogen functional groups attached to an aromatic ring is 1. The molecule has 15 heavy (non-hydrogen) atoms. The lowest BCUT2D eigenvalue weighted by molar-refractivity contribution is 0.253. The number of carbonyl (C=O) groups excluding carboxylic acids is 1. The molecule has 5 N–H and O–H groups in total. The van der Waals surface area contributed by atoms with E-state index in [-0.39, 0.29) is 4.90 Å². The van der Waals surface area contributed by atoms with Gasteiger partial charge in [-0.2, -0.15) is 0 Å². The number of hydrogen-bond donors (Lipinski definition) is 3. The molecule has 0 atom stereocenters. The second-order valence-electron chi connectivity index (χ2n) is 2.99. The van der Waals surface area contributed by atoms with Crippen molar-refractivity contribution in [3.63, 3.8) is 0 Å². The molecule has 1 aromatic rings. The van der Waals surface area contributed by atoms with Gasteiger partial charge >= 0.3 is 6.03 Å². The van der Waals surface area contributed by atoms with Crippen molar-refractivity contribution in [2.45, 2.75) is 11.8 Å². The number of anilines is 1. The molecular formula is C8H11N3O3S. The van der Waals surface area contributed by atoms with Crippen molar-refractivity contribution in [2.24, 2.45) is 5.73 Å². The number of rotatable bonds is 2. The molecule has 0 fully saturated rings. The number of nitrogens with one attached hydrogen (secondary N) is 1. The lowest BCUT2D eigenvalue weighted by Gasteiger charge is -2.06. The highest BCUT2D eigenvalue weighted by Crippen LogP contribution is 2.16. The molecular weight excluding hydrogens is 218 g/mol. The smallest absolute Gasteiger partial charge is 0.326 e. The minimum atomic E-state index is -3.88. The van der Waals surface area contributed by atoms with Crippen molar-refractivity contribution in [3.8, 4) is 0 Å². The summed E-state index contributed by atoms with van der Waals surface area (Å²) in [7, 11) is -3.88. The van der Waals surface area contributed by atoms with Crippen molar-refractivity contribution in [1.82, 2.24) is 4.72 Å². The summed E-state index contributed by atoms with van der Waals surface area (Å²) < 4.78 is 24.6. The largest absolute Gasteiger partial charge is 0.399 e. The van der Waals surface area contributed by atoms with Gasteiger partial charge < -0.3 is 11.5 Å². The van der Waals surface area contributed by atoms with E-state index in [1.165, 1.54) is 18.2 Å². The second-order valence-corrected chi connectivity index (χ2v) is 4.67. The van der Waals surface area contributed by atoms with Crippen LogP contribution in [0, 0.1) is 6.92 Å². The summed E-state index contributed by atoms with van der Waals surface area (Å²) >= 11 is 0. The average Bonchev–Trinajstić information content (AvgIpc) is 2.07. The van der Waals surface area contributed by atoms with Gasteiger partial charge in [0.05, 0.1) is 4.90 Å². The Morgan fingerprint density at radius 2 is 2.00 bits per heavy atom. The third kappa shape index (κ3) is 2.59. The van der Waals surface area contributed by atoms with Crippen LogP contribution in [0.1, 0.15) is 5.56 Å². The van der Waals surface area contributed by atoms with Gasteiger partial charge in [0.25, 0.3) is 10.0 Å². The Kier molecular flexibility index (Phi) is 2.85. The predicted molar refractivity (Wildman–Crippen MR) is 55.5 cm³/mol. The zero-order chi connectivity index (χ0) is 11.6. The fourth-order valence-corrected chi connectivity index (χ4v) is 1.97. The van der Waals surface area contributed by atoms with E-state index in [0.29, 0.717) is 11.3 Å². The number of carbonyl (C=O) groups is 1. The average molecular weight is 229 g/mol. The predicted octanol–water partition coefficient (Wildman–Crippen LogP) is -0.0658. The van der Waals surface area contributed by atoms with Crippen molar-refractivity contribution >= 4 is 21.7 Å². The van der Waals surface area contributed by atoms with Crippen LogP contribution < -0.4 is 16.2 Å². The van der Waals surface area contributed by atoms with Gasteiger partial charge in [0.2, 0.25) is 0 Å². The standard InChI is InChI=1S/C8H11N3O3S/c1-5-4-6(2-3-7(5)9)15(13,14)11-8(10)12/h2-4H,9H2,1H3,(H3,10,11,12). The third-order valence-corrected chi connectivity index (χ3v) is 3.13. The molecule has 0 unspecified atom stereocenters. The summed E-state index contributed by atoms with van der Waals surface area (Å²) in [5.74, 6) is 0. The van der Waals surface area contributed by atoms with Crippen LogP contribution in [0.4, 0.5) is 10.5 Å². The van der Waals surface area contributed by atoms with Crippen LogP contribution in [0.5, 0.6) is 0 Å². The van der Waals surface area contributed by atoms with Crippen LogP contribution in [-0.2, 0) is 10.0 Å². The number of sulfonamides is 1. The van der Waals surface area contributed by atoms with Crippen LogP contribution in [0.15, 0.2) is 23.1 Å². The first-order valence-corrected chi connectivity index (χ1v) is 5.49. The topological polar surface area (TPSA) is 115 Å². The first kappa shape index (κ1) is 11.3. The Morgan fingerprint density at radius 3 is 2.47 bits per heavy atom. The molecule has 0 aliphatic heterocycles. The lowest BCUT2D eigenvalue weighted by Crippen LogP contribution is -2.34. The highest BCUT2D eigenvalue weighted by molar-refractivity contribution is 7.90. The SMILES string of the molecule is Cc1cc(S(=O)(=O)NC(N)=O)ccc1N. The van der Waals surface area contributed by atoms with Gasteiger partial charge in [-0.15, -0.1) is 0 Å². The van der Waals surface area contributed by atoms with Crippen molar-refractivity contribution in [2.75, 3.05) is 5.73 Å². The molecule has 0 spiro atoms. The Labute approximate surface area is 87.3 Å². The molecule has 0 aliphatic rings. The van der Waals surface area contributed by atoms with E-state index < -0.39 is 16.1 Å². The summed E-state index contributed by atoms with van der Waals surface area (Å²) in [5.41, 5.74) is 11.3. The first-order chi connectivity index (χ1) is 6.83. The van der Waals surface area contributed by atoms with Crippen molar-refractivity contribution < 1.29 is 13.2 Å². The fraction of sp³-hybridized carbons (Fsp3) is 0.125. The summed E-state index contributed by atoms with van der Waals surface area (Å²) in [4.78, 5) is 10.4. The summed E-state index contributed by atoms with van der Waals surface area (Å²) in [6, 6.07) is 2.99. The number of aryl methyl sites for hydroxylation is 1. The third-order valence-electron chi connectivity index (χ3n) is 1.79. The van der Waals surface area contributed by atoms with Gasteiger partial charge in [0.1, 0.15) is 0 Å². The molecule has 1 rings (SSSR count).